The van der Waals surface area contributed by atoms with E-state index in [4.69, 9.17) is 5.73 Å². The third-order valence-electron chi connectivity index (χ3n) is 3.60. The van der Waals surface area contributed by atoms with Gasteiger partial charge in [-0.1, -0.05) is 12.1 Å². The lowest BCUT2D eigenvalue weighted by atomic mass is 9.96. The van der Waals surface area contributed by atoms with Crippen LogP contribution >= 0.6 is 0 Å². The highest BCUT2D eigenvalue weighted by Crippen LogP contribution is 2.38. The minimum absolute atomic E-state index is 0.161. The van der Waals surface area contributed by atoms with Crippen LogP contribution in [0.25, 0.3) is 0 Å². The molecule has 3 N–H and O–H groups in total. The van der Waals surface area contributed by atoms with Crippen LogP contribution < -0.4 is 11.1 Å². The van der Waals surface area contributed by atoms with E-state index in [1.807, 2.05) is 6.07 Å². The second-order valence-corrected chi connectivity index (χ2v) is 5.32. The number of hydrogen-bond acceptors (Lipinski definition) is 2. The zero-order valence-electron chi connectivity index (χ0n) is 10.8. The zero-order chi connectivity index (χ0) is 13.3. The Kier molecular flexibility index (Phi) is 3.39. The zero-order valence-corrected chi connectivity index (χ0v) is 10.8. The van der Waals surface area contributed by atoms with Gasteiger partial charge in [-0.05, 0) is 49.8 Å². The van der Waals surface area contributed by atoms with Crippen molar-refractivity contribution in [3.63, 3.8) is 0 Å². The summed E-state index contributed by atoms with van der Waals surface area (Å²) in [6.07, 6.45) is 2.03. The van der Waals surface area contributed by atoms with Crippen molar-refractivity contribution in [2.45, 2.75) is 38.8 Å². The van der Waals surface area contributed by atoms with Crippen LogP contribution in [0.15, 0.2) is 18.2 Å². The quantitative estimate of drug-likeness (QED) is 0.857. The smallest absolute Gasteiger partial charge is 0.240 e. The summed E-state index contributed by atoms with van der Waals surface area (Å²) < 4.78 is 13.3. The standard InChI is InChI=1S/C14H19FN2O/c1-9-3-4-10(7-12(9)15)8-17-13(18)14(2,16)11-5-6-11/h3-4,7,11H,5-6,8,16H2,1-2H3,(H,17,18). The summed E-state index contributed by atoms with van der Waals surface area (Å²) in [5, 5.41) is 2.78. The molecule has 0 aliphatic heterocycles. The summed E-state index contributed by atoms with van der Waals surface area (Å²) in [7, 11) is 0. The van der Waals surface area contributed by atoms with Crippen molar-refractivity contribution in [2.75, 3.05) is 0 Å². The molecule has 1 aliphatic rings. The van der Waals surface area contributed by atoms with Gasteiger partial charge < -0.3 is 11.1 Å². The van der Waals surface area contributed by atoms with Crippen molar-refractivity contribution in [1.29, 1.82) is 0 Å². The highest BCUT2D eigenvalue weighted by molar-refractivity contribution is 5.86. The van der Waals surface area contributed by atoms with E-state index in [1.165, 1.54) is 6.07 Å². The monoisotopic (exact) mass is 250 g/mol. The molecule has 98 valence electrons. The average Bonchev–Trinajstić information content (AvgIpc) is 3.14. The van der Waals surface area contributed by atoms with E-state index in [9.17, 15) is 9.18 Å². The Labute approximate surface area is 107 Å². The minimum Gasteiger partial charge on any atom is -0.350 e. The lowest BCUT2D eigenvalue weighted by molar-refractivity contribution is -0.126. The molecule has 1 atom stereocenters. The number of amides is 1. The highest BCUT2D eigenvalue weighted by Gasteiger charge is 2.43. The Morgan fingerprint density at radius 3 is 2.78 bits per heavy atom. The van der Waals surface area contributed by atoms with Crippen LogP contribution in [0.5, 0.6) is 0 Å². The van der Waals surface area contributed by atoms with Crippen molar-refractivity contribution in [3.8, 4) is 0 Å². The average molecular weight is 250 g/mol. The first-order valence-electron chi connectivity index (χ1n) is 6.23. The van der Waals surface area contributed by atoms with E-state index in [0.717, 1.165) is 18.4 Å². The molecule has 1 aromatic rings. The number of nitrogens with one attached hydrogen (secondary N) is 1. The van der Waals surface area contributed by atoms with E-state index >= 15 is 0 Å². The van der Waals surface area contributed by atoms with E-state index in [0.29, 0.717) is 12.1 Å². The SMILES string of the molecule is Cc1ccc(CNC(=O)C(C)(N)C2CC2)cc1F. The summed E-state index contributed by atoms with van der Waals surface area (Å²) in [5.74, 6) is -0.127. The Bertz CT molecular complexity index is 467. The van der Waals surface area contributed by atoms with Gasteiger partial charge in [0, 0.05) is 6.54 Å². The summed E-state index contributed by atoms with van der Waals surface area (Å²) in [6, 6.07) is 4.96. The van der Waals surface area contributed by atoms with Crippen molar-refractivity contribution < 1.29 is 9.18 Å². The summed E-state index contributed by atoms with van der Waals surface area (Å²) in [6.45, 7) is 3.78. The number of rotatable bonds is 4. The lowest BCUT2D eigenvalue weighted by Gasteiger charge is -2.23. The third-order valence-corrected chi connectivity index (χ3v) is 3.60. The van der Waals surface area contributed by atoms with Crippen molar-refractivity contribution in [3.05, 3.63) is 35.1 Å². The summed E-state index contributed by atoms with van der Waals surface area (Å²) >= 11 is 0. The van der Waals surface area contributed by atoms with E-state index in [-0.39, 0.29) is 17.6 Å². The largest absolute Gasteiger partial charge is 0.350 e. The van der Waals surface area contributed by atoms with Crippen LogP contribution in [0, 0.1) is 18.7 Å². The van der Waals surface area contributed by atoms with Gasteiger partial charge in [0.15, 0.2) is 0 Å². The number of halogens is 1. The Balaban J connectivity index is 1.94. The molecule has 4 heteroatoms. The summed E-state index contributed by atoms with van der Waals surface area (Å²) in [4.78, 5) is 11.9. The molecule has 1 aliphatic carbocycles. The predicted octanol–water partition coefficient (Wildman–Crippen LogP) is 1.88. The maximum Gasteiger partial charge on any atom is 0.240 e. The van der Waals surface area contributed by atoms with Crippen LogP contribution in [0.1, 0.15) is 30.9 Å². The van der Waals surface area contributed by atoms with Crippen molar-refractivity contribution in [1.82, 2.24) is 5.32 Å². The maximum atomic E-state index is 13.3. The predicted molar refractivity (Wildman–Crippen MR) is 68.3 cm³/mol. The molecule has 0 aromatic heterocycles. The van der Waals surface area contributed by atoms with Gasteiger partial charge in [-0.2, -0.15) is 0 Å². The van der Waals surface area contributed by atoms with E-state index in [1.54, 1.807) is 19.9 Å². The fraction of sp³-hybridized carbons (Fsp3) is 0.500. The van der Waals surface area contributed by atoms with Crippen LogP contribution in [0.4, 0.5) is 4.39 Å². The third kappa shape index (κ3) is 2.70. The Morgan fingerprint density at radius 1 is 1.56 bits per heavy atom. The van der Waals surface area contributed by atoms with Crippen LogP contribution in [-0.2, 0) is 11.3 Å². The van der Waals surface area contributed by atoms with E-state index in [2.05, 4.69) is 5.32 Å². The molecule has 0 bridgehead atoms. The van der Waals surface area contributed by atoms with Gasteiger partial charge in [-0.15, -0.1) is 0 Å². The van der Waals surface area contributed by atoms with Gasteiger partial charge in [0.25, 0.3) is 0 Å². The van der Waals surface area contributed by atoms with Gasteiger partial charge in [-0.25, -0.2) is 4.39 Å². The Hall–Kier alpha value is -1.42. The highest BCUT2D eigenvalue weighted by atomic mass is 19.1. The second-order valence-electron chi connectivity index (χ2n) is 5.32. The number of hydrogen-bond donors (Lipinski definition) is 2. The molecule has 1 aromatic carbocycles. The first kappa shape index (κ1) is 13.0. The van der Waals surface area contributed by atoms with Gasteiger partial charge in [0.2, 0.25) is 5.91 Å². The molecule has 1 amide bonds. The van der Waals surface area contributed by atoms with Gasteiger partial charge in [0.1, 0.15) is 5.82 Å². The number of aryl methyl sites for hydroxylation is 1. The molecule has 0 spiro atoms. The molecule has 0 radical (unpaired) electrons. The maximum absolute atomic E-state index is 13.3. The fourth-order valence-electron chi connectivity index (χ4n) is 1.99. The number of nitrogens with two attached hydrogens (primary N) is 1. The number of benzene rings is 1. The molecule has 1 unspecified atom stereocenters. The number of carbonyl (C=O) groups excluding carboxylic acids is 1. The molecule has 0 saturated heterocycles. The number of carbonyl (C=O) groups is 1. The topological polar surface area (TPSA) is 55.1 Å². The molecular formula is C14H19FN2O. The normalized spacial score (nSPS) is 18.2. The lowest BCUT2D eigenvalue weighted by Crippen LogP contribution is -2.53. The summed E-state index contributed by atoms with van der Waals surface area (Å²) in [5.41, 5.74) is 6.55. The fourth-order valence-corrected chi connectivity index (χ4v) is 1.99. The van der Waals surface area contributed by atoms with E-state index < -0.39 is 5.54 Å². The van der Waals surface area contributed by atoms with Gasteiger partial charge in [0.05, 0.1) is 5.54 Å². The van der Waals surface area contributed by atoms with Gasteiger partial charge >= 0.3 is 0 Å². The van der Waals surface area contributed by atoms with Crippen molar-refractivity contribution >= 4 is 5.91 Å². The molecule has 0 heterocycles. The molecule has 1 saturated carbocycles. The molecular weight excluding hydrogens is 231 g/mol. The van der Waals surface area contributed by atoms with Crippen molar-refractivity contribution in [2.24, 2.45) is 11.7 Å². The Morgan fingerprint density at radius 2 is 2.22 bits per heavy atom. The first-order valence-corrected chi connectivity index (χ1v) is 6.23. The molecule has 3 nitrogen and oxygen atoms in total. The van der Waals surface area contributed by atoms with Crippen LogP contribution in [0.3, 0.4) is 0 Å². The van der Waals surface area contributed by atoms with Crippen LogP contribution in [0.2, 0.25) is 0 Å². The second kappa shape index (κ2) is 4.69. The van der Waals surface area contributed by atoms with Crippen LogP contribution in [-0.4, -0.2) is 11.4 Å². The first-order chi connectivity index (χ1) is 8.41. The molecule has 1 fully saturated rings. The minimum atomic E-state index is -0.802. The molecule has 18 heavy (non-hydrogen) atoms. The van der Waals surface area contributed by atoms with Gasteiger partial charge in [-0.3, -0.25) is 4.79 Å². The molecule has 2 rings (SSSR count).